The number of aryl methyl sites for hydroxylation is 1. The summed E-state index contributed by atoms with van der Waals surface area (Å²) in [4.78, 5) is 23.2. The molecule has 0 radical (unpaired) electrons. The summed E-state index contributed by atoms with van der Waals surface area (Å²) < 4.78 is 18.9. The normalized spacial score (nSPS) is 16.3. The number of carboxylic acid groups (broad SMARTS) is 1. The Hall–Kier alpha value is -3.16. The molecule has 1 unspecified atom stereocenters. The second-order valence-corrected chi connectivity index (χ2v) is 6.28. The summed E-state index contributed by atoms with van der Waals surface area (Å²) in [6.45, 7) is 0. The Morgan fingerprint density at radius 1 is 1.42 bits per heavy atom. The minimum absolute atomic E-state index is 0.402. The fourth-order valence-electron chi connectivity index (χ4n) is 3.45. The van der Waals surface area contributed by atoms with E-state index < -0.39 is 17.7 Å². The molecule has 3 aromatic rings. The number of methoxy groups -OCH3 is 1. The van der Waals surface area contributed by atoms with Crippen LogP contribution in [-0.2, 0) is 17.6 Å². The van der Waals surface area contributed by atoms with Crippen LogP contribution in [0, 0.1) is 11.7 Å². The molecule has 0 saturated carbocycles. The van der Waals surface area contributed by atoms with E-state index in [1.54, 1.807) is 0 Å². The van der Waals surface area contributed by atoms with Crippen molar-refractivity contribution in [3.05, 3.63) is 41.6 Å². The molecule has 8 heteroatoms. The molecule has 134 valence electrons. The number of carbonyl (C=O) groups is 1. The number of anilines is 2. The van der Waals surface area contributed by atoms with Crippen LogP contribution in [0.25, 0.3) is 11.0 Å². The van der Waals surface area contributed by atoms with Crippen molar-refractivity contribution in [1.29, 1.82) is 0 Å². The van der Waals surface area contributed by atoms with Gasteiger partial charge in [-0.3, -0.25) is 4.79 Å². The molecular weight excluding hydrogens is 339 g/mol. The molecule has 0 amide bonds. The van der Waals surface area contributed by atoms with E-state index >= 15 is 0 Å². The van der Waals surface area contributed by atoms with Crippen LogP contribution < -0.4 is 10.1 Å². The minimum Gasteiger partial charge on any atom is -0.495 e. The zero-order valence-corrected chi connectivity index (χ0v) is 14.0. The number of nitrogens with zero attached hydrogens (tertiary/aromatic N) is 2. The van der Waals surface area contributed by atoms with Gasteiger partial charge < -0.3 is 20.1 Å². The molecule has 7 nitrogen and oxygen atoms in total. The molecule has 1 aliphatic rings. The summed E-state index contributed by atoms with van der Waals surface area (Å²) in [6, 6.07) is 4.17. The van der Waals surface area contributed by atoms with Crippen LogP contribution >= 0.6 is 0 Å². The highest BCUT2D eigenvalue weighted by molar-refractivity contribution is 5.94. The van der Waals surface area contributed by atoms with E-state index in [1.807, 2.05) is 0 Å². The Balaban J connectivity index is 1.81. The van der Waals surface area contributed by atoms with Crippen molar-refractivity contribution < 1.29 is 19.0 Å². The lowest BCUT2D eigenvalue weighted by Gasteiger charge is -2.19. The number of aromatic nitrogens is 3. The molecule has 0 bridgehead atoms. The number of aliphatic carboxylic acids is 1. The van der Waals surface area contributed by atoms with E-state index in [1.165, 1.54) is 31.6 Å². The molecule has 0 spiro atoms. The van der Waals surface area contributed by atoms with Crippen LogP contribution in [0.5, 0.6) is 5.75 Å². The van der Waals surface area contributed by atoms with E-state index in [4.69, 9.17) is 4.74 Å². The lowest BCUT2D eigenvalue weighted by atomic mass is 9.86. The second kappa shape index (κ2) is 6.29. The predicted octanol–water partition coefficient (Wildman–Crippen LogP) is 3.04. The van der Waals surface area contributed by atoms with E-state index in [-0.39, 0.29) is 0 Å². The Kier molecular flexibility index (Phi) is 3.95. The van der Waals surface area contributed by atoms with Crippen molar-refractivity contribution >= 4 is 28.5 Å². The molecule has 1 aliphatic carbocycles. The summed E-state index contributed by atoms with van der Waals surface area (Å²) in [5.74, 6) is -0.671. The molecule has 0 aliphatic heterocycles. The van der Waals surface area contributed by atoms with Gasteiger partial charge in [-0.15, -0.1) is 0 Å². The van der Waals surface area contributed by atoms with Crippen LogP contribution in [0.15, 0.2) is 24.5 Å². The molecule has 2 aromatic heterocycles. The Morgan fingerprint density at radius 2 is 2.27 bits per heavy atom. The number of benzene rings is 1. The van der Waals surface area contributed by atoms with Crippen molar-refractivity contribution in [1.82, 2.24) is 15.0 Å². The van der Waals surface area contributed by atoms with Crippen molar-refractivity contribution in [2.24, 2.45) is 5.92 Å². The summed E-state index contributed by atoms with van der Waals surface area (Å²) in [7, 11) is 1.50. The number of aromatic amines is 1. The molecule has 0 saturated heterocycles. The van der Waals surface area contributed by atoms with Gasteiger partial charge in [0.1, 0.15) is 29.4 Å². The van der Waals surface area contributed by atoms with Crippen LogP contribution in [0.2, 0.25) is 0 Å². The number of halogens is 1. The molecule has 0 fully saturated rings. The SMILES string of the molecule is COc1ccc(F)cc1Nc1ncnc2[nH]c3c(c12)CC(C(=O)O)CC3. The fourth-order valence-corrected chi connectivity index (χ4v) is 3.45. The molecule has 4 rings (SSSR count). The smallest absolute Gasteiger partial charge is 0.306 e. The third-order valence-electron chi connectivity index (χ3n) is 4.74. The number of rotatable bonds is 4. The highest BCUT2D eigenvalue weighted by Crippen LogP contribution is 2.36. The monoisotopic (exact) mass is 356 g/mol. The summed E-state index contributed by atoms with van der Waals surface area (Å²) >= 11 is 0. The Morgan fingerprint density at radius 3 is 3.04 bits per heavy atom. The third-order valence-corrected chi connectivity index (χ3v) is 4.74. The van der Waals surface area contributed by atoms with Crippen molar-refractivity contribution in [2.45, 2.75) is 19.3 Å². The maximum Gasteiger partial charge on any atom is 0.306 e. The third kappa shape index (κ3) is 2.73. The lowest BCUT2D eigenvalue weighted by molar-refractivity contribution is -0.142. The maximum atomic E-state index is 13.7. The number of nitrogens with one attached hydrogen (secondary N) is 2. The first-order valence-electron chi connectivity index (χ1n) is 8.24. The lowest BCUT2D eigenvalue weighted by Crippen LogP contribution is -2.21. The maximum absolute atomic E-state index is 13.7. The minimum atomic E-state index is -0.803. The highest BCUT2D eigenvalue weighted by Gasteiger charge is 2.28. The second-order valence-electron chi connectivity index (χ2n) is 6.28. The first-order valence-corrected chi connectivity index (χ1v) is 8.24. The molecule has 3 N–H and O–H groups in total. The van der Waals surface area contributed by atoms with E-state index in [0.717, 1.165) is 16.6 Å². The number of hydrogen-bond acceptors (Lipinski definition) is 5. The van der Waals surface area contributed by atoms with E-state index in [2.05, 4.69) is 20.3 Å². The van der Waals surface area contributed by atoms with Crippen LogP contribution in [0.3, 0.4) is 0 Å². The average molecular weight is 356 g/mol. The first kappa shape index (κ1) is 16.3. The molecular formula is C18H17FN4O3. The number of hydrogen-bond donors (Lipinski definition) is 3. The first-order chi connectivity index (χ1) is 12.6. The van der Waals surface area contributed by atoms with Crippen LogP contribution in [-0.4, -0.2) is 33.1 Å². The van der Waals surface area contributed by atoms with Crippen LogP contribution in [0.4, 0.5) is 15.9 Å². The summed E-state index contributed by atoms with van der Waals surface area (Å²) in [5.41, 5.74) is 2.95. The van der Waals surface area contributed by atoms with Crippen LogP contribution in [0.1, 0.15) is 17.7 Å². The molecule has 26 heavy (non-hydrogen) atoms. The van der Waals surface area contributed by atoms with Gasteiger partial charge in [-0.2, -0.15) is 0 Å². The van der Waals surface area contributed by atoms with E-state index in [9.17, 15) is 14.3 Å². The van der Waals surface area contributed by atoms with Gasteiger partial charge in [0.25, 0.3) is 0 Å². The van der Waals surface area contributed by atoms with Gasteiger partial charge >= 0.3 is 5.97 Å². The van der Waals surface area contributed by atoms with Gasteiger partial charge in [0.2, 0.25) is 0 Å². The predicted molar refractivity (Wildman–Crippen MR) is 93.3 cm³/mol. The number of carboxylic acids is 1. The summed E-state index contributed by atoms with van der Waals surface area (Å²) in [6.07, 6.45) is 3.05. The Bertz CT molecular complexity index is 1000. The standard InChI is InChI=1S/C18H17FN4O3/c1-26-14-5-3-10(19)7-13(14)23-17-15-11-6-9(18(24)25)2-4-12(11)22-16(15)20-8-21-17/h3,5,7-9H,2,4,6H2,1H3,(H,24,25)(H2,20,21,22,23). The van der Waals surface area contributed by atoms with Gasteiger partial charge in [-0.1, -0.05) is 0 Å². The molecule has 2 heterocycles. The number of fused-ring (bicyclic) bond motifs is 3. The topological polar surface area (TPSA) is 100 Å². The number of ether oxygens (including phenoxy) is 1. The molecule has 1 aromatic carbocycles. The fraction of sp³-hybridized carbons (Fsp3) is 0.278. The van der Waals surface area contributed by atoms with Gasteiger partial charge in [0, 0.05) is 11.8 Å². The Labute approximate surface area is 148 Å². The zero-order valence-electron chi connectivity index (χ0n) is 14.0. The van der Waals surface area contributed by atoms with Gasteiger partial charge in [-0.05, 0) is 37.0 Å². The molecule has 1 atom stereocenters. The van der Waals surface area contributed by atoms with Crippen molar-refractivity contribution in [3.8, 4) is 5.75 Å². The van der Waals surface area contributed by atoms with Gasteiger partial charge in [-0.25, -0.2) is 14.4 Å². The van der Waals surface area contributed by atoms with E-state index in [0.29, 0.717) is 42.2 Å². The van der Waals surface area contributed by atoms with Gasteiger partial charge in [0.05, 0.1) is 24.1 Å². The average Bonchev–Trinajstić information content (AvgIpc) is 3.00. The zero-order chi connectivity index (χ0) is 18.3. The van der Waals surface area contributed by atoms with Crippen molar-refractivity contribution in [2.75, 3.05) is 12.4 Å². The number of H-pyrrole nitrogens is 1. The largest absolute Gasteiger partial charge is 0.495 e. The highest BCUT2D eigenvalue weighted by atomic mass is 19.1. The quantitative estimate of drug-likeness (QED) is 0.664. The van der Waals surface area contributed by atoms with Gasteiger partial charge in [0.15, 0.2) is 0 Å². The summed E-state index contributed by atoms with van der Waals surface area (Å²) in [5, 5.41) is 13.2. The van der Waals surface area contributed by atoms with Crippen molar-refractivity contribution in [3.63, 3.8) is 0 Å².